The minimum atomic E-state index is -0.290. The summed E-state index contributed by atoms with van der Waals surface area (Å²) in [6, 6.07) is 7.29. The Morgan fingerprint density at radius 1 is 1.09 bits per heavy atom. The van der Waals surface area contributed by atoms with Crippen molar-refractivity contribution < 1.29 is 9.84 Å². The SMILES string of the molecule is CCCCCCCCOc1c(O)c2ccccc2n(C)c1=O. The van der Waals surface area contributed by atoms with Gasteiger partial charge < -0.3 is 14.4 Å². The van der Waals surface area contributed by atoms with E-state index in [0.29, 0.717) is 17.5 Å². The lowest BCUT2D eigenvalue weighted by molar-refractivity contribution is 0.284. The van der Waals surface area contributed by atoms with Gasteiger partial charge in [-0.3, -0.25) is 4.79 Å². The summed E-state index contributed by atoms with van der Waals surface area (Å²) in [6.07, 6.45) is 6.94. The van der Waals surface area contributed by atoms with Gasteiger partial charge in [0.15, 0.2) is 5.75 Å². The average Bonchev–Trinajstić information content (AvgIpc) is 2.54. The molecule has 4 heteroatoms. The molecule has 1 heterocycles. The highest BCUT2D eigenvalue weighted by molar-refractivity contribution is 5.87. The number of unbranched alkanes of at least 4 members (excludes halogenated alkanes) is 5. The summed E-state index contributed by atoms with van der Waals surface area (Å²) in [4.78, 5) is 12.3. The summed E-state index contributed by atoms with van der Waals surface area (Å²) < 4.78 is 7.10. The highest BCUT2D eigenvalue weighted by Gasteiger charge is 2.15. The number of aromatic nitrogens is 1. The molecule has 0 aliphatic rings. The fourth-order valence-corrected chi connectivity index (χ4v) is 2.64. The minimum Gasteiger partial charge on any atom is -0.504 e. The Kier molecular flexibility index (Phi) is 5.87. The second kappa shape index (κ2) is 7.87. The zero-order valence-electron chi connectivity index (χ0n) is 13.5. The molecule has 22 heavy (non-hydrogen) atoms. The van der Waals surface area contributed by atoms with Crippen LogP contribution >= 0.6 is 0 Å². The van der Waals surface area contributed by atoms with Crippen molar-refractivity contribution in [1.82, 2.24) is 4.57 Å². The van der Waals surface area contributed by atoms with E-state index in [0.717, 1.165) is 12.8 Å². The fourth-order valence-electron chi connectivity index (χ4n) is 2.64. The predicted octanol–water partition coefficient (Wildman–Crippen LogP) is 3.98. The largest absolute Gasteiger partial charge is 0.504 e. The molecule has 0 saturated carbocycles. The van der Waals surface area contributed by atoms with E-state index in [2.05, 4.69) is 6.92 Å². The van der Waals surface area contributed by atoms with Gasteiger partial charge in [0.25, 0.3) is 5.56 Å². The van der Waals surface area contributed by atoms with Gasteiger partial charge >= 0.3 is 0 Å². The fraction of sp³-hybridized carbons (Fsp3) is 0.500. The minimum absolute atomic E-state index is 0.0512. The Hall–Kier alpha value is -1.97. The van der Waals surface area contributed by atoms with Gasteiger partial charge in [-0.15, -0.1) is 0 Å². The maximum Gasteiger partial charge on any atom is 0.297 e. The molecule has 2 rings (SSSR count). The number of benzene rings is 1. The normalized spacial score (nSPS) is 11.0. The maximum atomic E-state index is 12.3. The van der Waals surface area contributed by atoms with Gasteiger partial charge in [-0.25, -0.2) is 0 Å². The van der Waals surface area contributed by atoms with Gasteiger partial charge in [0, 0.05) is 12.4 Å². The Balaban J connectivity index is 2.04. The topological polar surface area (TPSA) is 51.5 Å². The number of pyridine rings is 1. The Bertz CT molecular complexity index is 676. The Labute approximate surface area is 131 Å². The number of nitrogens with zero attached hydrogens (tertiary/aromatic N) is 1. The van der Waals surface area contributed by atoms with Crippen LogP contribution in [0.4, 0.5) is 0 Å². The van der Waals surface area contributed by atoms with E-state index in [4.69, 9.17) is 4.74 Å². The highest BCUT2D eigenvalue weighted by atomic mass is 16.5. The molecule has 1 aromatic carbocycles. The maximum absolute atomic E-state index is 12.3. The monoisotopic (exact) mass is 303 g/mol. The van der Waals surface area contributed by atoms with Gasteiger partial charge in [-0.05, 0) is 18.6 Å². The lowest BCUT2D eigenvalue weighted by atomic mass is 10.1. The van der Waals surface area contributed by atoms with Crippen molar-refractivity contribution in [3.05, 3.63) is 34.6 Å². The number of aromatic hydroxyl groups is 1. The third kappa shape index (κ3) is 3.62. The van der Waals surface area contributed by atoms with E-state index < -0.39 is 0 Å². The van der Waals surface area contributed by atoms with E-state index in [-0.39, 0.29) is 17.1 Å². The first kappa shape index (κ1) is 16.4. The lowest BCUT2D eigenvalue weighted by Gasteiger charge is -2.12. The van der Waals surface area contributed by atoms with Crippen LogP contribution < -0.4 is 10.3 Å². The molecule has 2 aromatic rings. The Morgan fingerprint density at radius 3 is 2.55 bits per heavy atom. The first-order valence-electron chi connectivity index (χ1n) is 8.10. The number of ether oxygens (including phenoxy) is 1. The van der Waals surface area contributed by atoms with Crippen LogP contribution in [0.15, 0.2) is 29.1 Å². The number of aryl methyl sites for hydroxylation is 1. The van der Waals surface area contributed by atoms with Gasteiger partial charge in [-0.1, -0.05) is 51.2 Å². The van der Waals surface area contributed by atoms with Crippen molar-refractivity contribution in [1.29, 1.82) is 0 Å². The molecule has 120 valence electrons. The quantitative estimate of drug-likeness (QED) is 0.750. The first-order valence-corrected chi connectivity index (χ1v) is 8.10. The summed E-state index contributed by atoms with van der Waals surface area (Å²) in [6.45, 7) is 2.66. The average molecular weight is 303 g/mol. The van der Waals surface area contributed by atoms with Crippen molar-refractivity contribution in [3.8, 4) is 11.5 Å². The van der Waals surface area contributed by atoms with Crippen LogP contribution in [0, 0.1) is 0 Å². The van der Waals surface area contributed by atoms with Crippen LogP contribution in [0.5, 0.6) is 11.5 Å². The van der Waals surface area contributed by atoms with Crippen LogP contribution in [0.3, 0.4) is 0 Å². The third-order valence-electron chi connectivity index (χ3n) is 3.98. The summed E-state index contributed by atoms with van der Waals surface area (Å²) in [5, 5.41) is 10.9. The van der Waals surface area contributed by atoms with Gasteiger partial charge in [0.1, 0.15) is 0 Å². The molecule has 0 unspecified atom stereocenters. The third-order valence-corrected chi connectivity index (χ3v) is 3.98. The van der Waals surface area contributed by atoms with E-state index >= 15 is 0 Å². The van der Waals surface area contributed by atoms with Crippen molar-refractivity contribution in [2.75, 3.05) is 6.61 Å². The van der Waals surface area contributed by atoms with Crippen molar-refractivity contribution in [2.45, 2.75) is 45.4 Å². The molecule has 0 aliphatic carbocycles. The molecule has 0 amide bonds. The molecular formula is C18H25NO3. The molecule has 0 bridgehead atoms. The van der Waals surface area contributed by atoms with Crippen LogP contribution in [0.2, 0.25) is 0 Å². The summed E-state index contributed by atoms with van der Waals surface area (Å²) in [5.41, 5.74) is 0.416. The number of rotatable bonds is 8. The van der Waals surface area contributed by atoms with Gasteiger partial charge in [0.05, 0.1) is 12.1 Å². The molecule has 4 nitrogen and oxygen atoms in total. The number of para-hydroxylation sites is 1. The first-order chi connectivity index (χ1) is 10.7. The summed E-state index contributed by atoms with van der Waals surface area (Å²) >= 11 is 0. The van der Waals surface area contributed by atoms with E-state index in [1.165, 1.54) is 30.3 Å². The van der Waals surface area contributed by atoms with Crippen molar-refractivity contribution in [3.63, 3.8) is 0 Å². The molecule has 1 N–H and O–H groups in total. The molecular weight excluding hydrogens is 278 g/mol. The molecule has 0 atom stereocenters. The number of hydrogen-bond acceptors (Lipinski definition) is 3. The van der Waals surface area contributed by atoms with Gasteiger partial charge in [-0.2, -0.15) is 0 Å². The second-order valence-electron chi connectivity index (χ2n) is 5.68. The second-order valence-corrected chi connectivity index (χ2v) is 5.68. The predicted molar refractivity (Wildman–Crippen MR) is 89.7 cm³/mol. The smallest absolute Gasteiger partial charge is 0.297 e. The van der Waals surface area contributed by atoms with Crippen molar-refractivity contribution in [2.24, 2.45) is 7.05 Å². The zero-order chi connectivity index (χ0) is 15.9. The van der Waals surface area contributed by atoms with E-state index in [1.807, 2.05) is 18.2 Å². The number of fused-ring (bicyclic) bond motifs is 1. The Morgan fingerprint density at radius 2 is 1.77 bits per heavy atom. The molecule has 1 aromatic heterocycles. The highest BCUT2D eigenvalue weighted by Crippen LogP contribution is 2.30. The van der Waals surface area contributed by atoms with Crippen LogP contribution in [0.25, 0.3) is 10.9 Å². The van der Waals surface area contributed by atoms with E-state index in [9.17, 15) is 9.90 Å². The molecule has 0 spiro atoms. The summed E-state index contributed by atoms with van der Waals surface area (Å²) in [5.74, 6) is 0.0134. The van der Waals surface area contributed by atoms with Crippen LogP contribution in [0.1, 0.15) is 45.4 Å². The molecule has 0 fully saturated rings. The number of hydrogen-bond donors (Lipinski definition) is 1. The van der Waals surface area contributed by atoms with Crippen molar-refractivity contribution >= 4 is 10.9 Å². The molecule has 0 radical (unpaired) electrons. The lowest BCUT2D eigenvalue weighted by Crippen LogP contribution is -2.20. The van der Waals surface area contributed by atoms with Gasteiger partial charge in [0.2, 0.25) is 5.75 Å². The standard InChI is InChI=1S/C18H25NO3/c1-3-4-5-6-7-10-13-22-17-16(20)14-11-8-9-12-15(14)19(2)18(17)21/h8-9,11-12,20H,3-7,10,13H2,1-2H3. The van der Waals surface area contributed by atoms with Crippen LogP contribution in [-0.2, 0) is 7.05 Å². The molecule has 0 saturated heterocycles. The zero-order valence-corrected chi connectivity index (χ0v) is 13.5. The molecule has 0 aliphatic heterocycles. The summed E-state index contributed by atoms with van der Waals surface area (Å²) in [7, 11) is 1.70. The van der Waals surface area contributed by atoms with Crippen LogP contribution in [-0.4, -0.2) is 16.3 Å². The van der Waals surface area contributed by atoms with E-state index in [1.54, 1.807) is 13.1 Å².